The summed E-state index contributed by atoms with van der Waals surface area (Å²) in [6.07, 6.45) is 5.39. The normalized spacial score (nSPS) is 18.8. The Morgan fingerprint density at radius 2 is 1.81 bits per heavy atom. The standard InChI is InChI=1S/C15H23N/c1-2-14-8-11-16(12-9-14)13-10-15-6-4-3-5-7-15/h3-7,14H,2,8-13H2,1H3. The SMILES string of the molecule is CCC1CCN(CCc2ccccc2)CC1. The number of benzene rings is 1. The molecular formula is C15H23N. The van der Waals surface area contributed by atoms with Crippen LogP contribution < -0.4 is 0 Å². The molecule has 0 bridgehead atoms. The highest BCUT2D eigenvalue weighted by Gasteiger charge is 2.16. The van der Waals surface area contributed by atoms with Gasteiger partial charge in [-0.25, -0.2) is 0 Å². The lowest BCUT2D eigenvalue weighted by Gasteiger charge is -2.31. The van der Waals surface area contributed by atoms with Crippen molar-refractivity contribution in [2.75, 3.05) is 19.6 Å². The molecule has 1 heterocycles. The second kappa shape index (κ2) is 6.05. The third-order valence-corrected chi connectivity index (χ3v) is 3.84. The Balaban J connectivity index is 1.72. The largest absolute Gasteiger partial charge is 0.303 e. The fourth-order valence-electron chi connectivity index (χ4n) is 2.55. The lowest BCUT2D eigenvalue weighted by Crippen LogP contribution is -2.34. The van der Waals surface area contributed by atoms with Crippen LogP contribution in [0, 0.1) is 5.92 Å². The highest BCUT2D eigenvalue weighted by atomic mass is 15.1. The Hall–Kier alpha value is -0.820. The number of hydrogen-bond acceptors (Lipinski definition) is 1. The second-order valence-corrected chi connectivity index (χ2v) is 4.93. The van der Waals surface area contributed by atoms with Crippen LogP contribution in [-0.4, -0.2) is 24.5 Å². The zero-order chi connectivity index (χ0) is 11.2. The number of piperidine rings is 1. The molecule has 0 amide bonds. The zero-order valence-corrected chi connectivity index (χ0v) is 10.4. The average Bonchev–Trinajstić information content (AvgIpc) is 2.38. The minimum absolute atomic E-state index is 0.993. The van der Waals surface area contributed by atoms with Gasteiger partial charge in [-0.15, -0.1) is 0 Å². The first-order valence-corrected chi connectivity index (χ1v) is 6.64. The second-order valence-electron chi connectivity index (χ2n) is 4.93. The maximum atomic E-state index is 2.62. The van der Waals surface area contributed by atoms with Crippen LogP contribution in [-0.2, 0) is 6.42 Å². The molecule has 0 radical (unpaired) electrons. The first kappa shape index (κ1) is 11.7. The number of hydrogen-bond donors (Lipinski definition) is 0. The Morgan fingerprint density at radius 1 is 1.12 bits per heavy atom. The molecule has 1 saturated heterocycles. The molecule has 16 heavy (non-hydrogen) atoms. The summed E-state index contributed by atoms with van der Waals surface area (Å²) in [5, 5.41) is 0. The van der Waals surface area contributed by atoms with Gasteiger partial charge in [-0.2, -0.15) is 0 Å². The minimum atomic E-state index is 0.993. The van der Waals surface area contributed by atoms with Crippen molar-refractivity contribution in [3.63, 3.8) is 0 Å². The average molecular weight is 217 g/mol. The summed E-state index contributed by atoms with van der Waals surface area (Å²) in [5.74, 6) is 0.993. The molecule has 0 unspecified atom stereocenters. The van der Waals surface area contributed by atoms with Gasteiger partial charge in [0, 0.05) is 6.54 Å². The van der Waals surface area contributed by atoms with Gasteiger partial charge in [-0.05, 0) is 43.8 Å². The Morgan fingerprint density at radius 3 is 2.44 bits per heavy atom. The molecule has 0 aromatic heterocycles. The molecular weight excluding hydrogens is 194 g/mol. The van der Waals surface area contributed by atoms with E-state index in [1.807, 2.05) is 0 Å². The third kappa shape index (κ3) is 3.34. The van der Waals surface area contributed by atoms with Crippen molar-refractivity contribution in [2.45, 2.75) is 32.6 Å². The Labute approximate surface area is 99.5 Å². The lowest BCUT2D eigenvalue weighted by atomic mass is 9.94. The summed E-state index contributed by atoms with van der Waals surface area (Å²) >= 11 is 0. The van der Waals surface area contributed by atoms with E-state index >= 15 is 0 Å². The van der Waals surface area contributed by atoms with Crippen molar-refractivity contribution in [1.29, 1.82) is 0 Å². The molecule has 1 heteroatoms. The summed E-state index contributed by atoms with van der Waals surface area (Å²) in [7, 11) is 0. The van der Waals surface area contributed by atoms with Gasteiger partial charge in [0.1, 0.15) is 0 Å². The molecule has 1 aliphatic rings. The fourth-order valence-corrected chi connectivity index (χ4v) is 2.55. The zero-order valence-electron chi connectivity index (χ0n) is 10.4. The van der Waals surface area contributed by atoms with Crippen LogP contribution in [0.2, 0.25) is 0 Å². The van der Waals surface area contributed by atoms with E-state index < -0.39 is 0 Å². The topological polar surface area (TPSA) is 3.24 Å². The monoisotopic (exact) mass is 217 g/mol. The van der Waals surface area contributed by atoms with Gasteiger partial charge in [0.2, 0.25) is 0 Å². The Bertz CT molecular complexity index is 286. The van der Waals surface area contributed by atoms with Crippen molar-refractivity contribution in [3.8, 4) is 0 Å². The molecule has 0 aliphatic carbocycles. The van der Waals surface area contributed by atoms with Crippen LogP contribution in [0.15, 0.2) is 30.3 Å². The summed E-state index contributed by atoms with van der Waals surface area (Å²) in [6, 6.07) is 10.8. The van der Waals surface area contributed by atoms with E-state index in [-0.39, 0.29) is 0 Å². The lowest BCUT2D eigenvalue weighted by molar-refractivity contribution is 0.184. The third-order valence-electron chi connectivity index (χ3n) is 3.84. The molecule has 88 valence electrons. The van der Waals surface area contributed by atoms with Gasteiger partial charge in [0.15, 0.2) is 0 Å². The molecule has 1 aromatic carbocycles. The molecule has 0 N–H and O–H groups in total. The van der Waals surface area contributed by atoms with E-state index in [0.717, 1.165) is 5.92 Å². The first-order chi connectivity index (χ1) is 7.88. The Kier molecular flexibility index (Phi) is 4.41. The summed E-state index contributed by atoms with van der Waals surface area (Å²) in [6.45, 7) is 6.18. The molecule has 2 rings (SSSR count). The maximum absolute atomic E-state index is 2.62. The predicted molar refractivity (Wildman–Crippen MR) is 69.6 cm³/mol. The van der Waals surface area contributed by atoms with Crippen molar-refractivity contribution in [3.05, 3.63) is 35.9 Å². The predicted octanol–water partition coefficient (Wildman–Crippen LogP) is 3.35. The van der Waals surface area contributed by atoms with Crippen LogP contribution >= 0.6 is 0 Å². The van der Waals surface area contributed by atoms with Crippen LogP contribution in [0.3, 0.4) is 0 Å². The van der Waals surface area contributed by atoms with Gasteiger partial charge in [-0.1, -0.05) is 43.7 Å². The van der Waals surface area contributed by atoms with Crippen molar-refractivity contribution in [2.24, 2.45) is 5.92 Å². The van der Waals surface area contributed by atoms with Gasteiger partial charge in [-0.3, -0.25) is 0 Å². The smallest absolute Gasteiger partial charge is 0.00218 e. The minimum Gasteiger partial charge on any atom is -0.303 e. The summed E-state index contributed by atoms with van der Waals surface area (Å²) in [4.78, 5) is 2.62. The van der Waals surface area contributed by atoms with E-state index in [4.69, 9.17) is 0 Å². The summed E-state index contributed by atoms with van der Waals surface area (Å²) in [5.41, 5.74) is 1.47. The number of likely N-dealkylation sites (tertiary alicyclic amines) is 1. The van der Waals surface area contributed by atoms with Gasteiger partial charge in [0.05, 0.1) is 0 Å². The fraction of sp³-hybridized carbons (Fsp3) is 0.600. The first-order valence-electron chi connectivity index (χ1n) is 6.64. The molecule has 1 aromatic rings. The van der Waals surface area contributed by atoms with Crippen molar-refractivity contribution >= 4 is 0 Å². The van der Waals surface area contributed by atoms with Crippen molar-refractivity contribution < 1.29 is 0 Å². The van der Waals surface area contributed by atoms with Gasteiger partial charge < -0.3 is 4.90 Å². The molecule has 1 fully saturated rings. The van der Waals surface area contributed by atoms with E-state index in [1.54, 1.807) is 0 Å². The molecule has 1 nitrogen and oxygen atoms in total. The molecule has 0 saturated carbocycles. The molecule has 0 spiro atoms. The van der Waals surface area contributed by atoms with Gasteiger partial charge >= 0.3 is 0 Å². The van der Waals surface area contributed by atoms with Crippen LogP contribution in [0.25, 0.3) is 0 Å². The number of rotatable bonds is 4. The highest BCUT2D eigenvalue weighted by molar-refractivity contribution is 5.14. The summed E-state index contributed by atoms with van der Waals surface area (Å²) < 4.78 is 0. The van der Waals surface area contributed by atoms with E-state index in [0.29, 0.717) is 0 Å². The van der Waals surface area contributed by atoms with Crippen LogP contribution in [0.5, 0.6) is 0 Å². The van der Waals surface area contributed by atoms with Crippen molar-refractivity contribution in [1.82, 2.24) is 4.90 Å². The maximum Gasteiger partial charge on any atom is 0.00218 e. The molecule has 0 atom stereocenters. The number of nitrogens with zero attached hydrogens (tertiary/aromatic N) is 1. The van der Waals surface area contributed by atoms with Gasteiger partial charge in [0.25, 0.3) is 0 Å². The van der Waals surface area contributed by atoms with Crippen LogP contribution in [0.4, 0.5) is 0 Å². The van der Waals surface area contributed by atoms with E-state index in [2.05, 4.69) is 42.2 Å². The quantitative estimate of drug-likeness (QED) is 0.747. The molecule has 1 aliphatic heterocycles. The van der Waals surface area contributed by atoms with E-state index in [1.165, 1.54) is 50.9 Å². The highest BCUT2D eigenvalue weighted by Crippen LogP contribution is 2.19. The van der Waals surface area contributed by atoms with Crippen LogP contribution in [0.1, 0.15) is 31.7 Å². The van der Waals surface area contributed by atoms with E-state index in [9.17, 15) is 0 Å².